The molecule has 0 spiro atoms. The van der Waals surface area contributed by atoms with Crippen LogP contribution in [-0.2, 0) is 16.2 Å². The molecule has 0 aliphatic rings. The Bertz CT molecular complexity index is 943. The third-order valence-electron chi connectivity index (χ3n) is 3.39. The van der Waals surface area contributed by atoms with E-state index in [-0.39, 0.29) is 12.2 Å². The Hall–Kier alpha value is -2.88. The van der Waals surface area contributed by atoms with Gasteiger partial charge in [-0.05, 0) is 24.3 Å². The molecule has 0 N–H and O–H groups in total. The zero-order valence-electron chi connectivity index (χ0n) is 13.2. The zero-order valence-corrected chi connectivity index (χ0v) is 14.0. The maximum atomic E-state index is 12.9. The van der Waals surface area contributed by atoms with Crippen LogP contribution in [0, 0.1) is 10.1 Å². The molecule has 0 aliphatic carbocycles. The van der Waals surface area contributed by atoms with Crippen molar-refractivity contribution < 1.29 is 26.5 Å². The number of rotatable bonds is 6. The summed E-state index contributed by atoms with van der Waals surface area (Å²) in [7, 11) is -4.50. The lowest BCUT2D eigenvalue weighted by Gasteiger charge is -2.23. The highest BCUT2D eigenvalue weighted by molar-refractivity contribution is 7.93. The highest BCUT2D eigenvalue weighted by Crippen LogP contribution is 2.34. The van der Waals surface area contributed by atoms with Gasteiger partial charge in [0.2, 0.25) is 0 Å². The van der Waals surface area contributed by atoms with E-state index in [1.165, 1.54) is 24.3 Å². The van der Waals surface area contributed by atoms with Crippen molar-refractivity contribution in [3.63, 3.8) is 0 Å². The van der Waals surface area contributed by atoms with Crippen LogP contribution in [0.5, 0.6) is 0 Å². The van der Waals surface area contributed by atoms with E-state index in [9.17, 15) is 31.7 Å². The van der Waals surface area contributed by atoms with Crippen molar-refractivity contribution in [1.82, 2.24) is 0 Å². The van der Waals surface area contributed by atoms with Crippen LogP contribution in [-0.4, -0.2) is 19.9 Å². The molecule has 0 heterocycles. The Balaban J connectivity index is 2.64. The second-order valence-electron chi connectivity index (χ2n) is 5.10. The number of nitrogens with zero attached hydrogens (tertiary/aromatic N) is 2. The standard InChI is InChI=1S/C16H13F3N2O4S/c1-2-10-20(13-7-5-6-12(11-13)16(17,18)19)26(24,25)15-9-4-3-8-14(15)21(22)23/h2-9,11H,1,10H2. The Kier molecular flexibility index (Phi) is 5.36. The van der Waals surface area contributed by atoms with Gasteiger partial charge in [-0.2, -0.15) is 13.2 Å². The molecule has 0 fully saturated rings. The molecule has 0 bridgehead atoms. The number of nitro benzene ring substituents is 1. The summed E-state index contributed by atoms with van der Waals surface area (Å²) in [5.41, 5.74) is -1.99. The summed E-state index contributed by atoms with van der Waals surface area (Å²) in [6, 6.07) is 8.30. The number of alkyl halides is 3. The SMILES string of the molecule is C=CCN(c1cccc(C(F)(F)F)c1)S(=O)(=O)c1ccccc1[N+](=O)[O-]. The van der Waals surface area contributed by atoms with Crippen molar-refractivity contribution in [3.05, 3.63) is 76.9 Å². The minimum atomic E-state index is -4.67. The van der Waals surface area contributed by atoms with E-state index in [4.69, 9.17) is 0 Å². The van der Waals surface area contributed by atoms with E-state index in [1.807, 2.05) is 0 Å². The van der Waals surface area contributed by atoms with Gasteiger partial charge in [0.1, 0.15) is 0 Å². The first-order valence-corrected chi connectivity index (χ1v) is 8.57. The van der Waals surface area contributed by atoms with Gasteiger partial charge in [-0.1, -0.05) is 24.3 Å². The molecule has 0 atom stereocenters. The molecule has 138 valence electrons. The van der Waals surface area contributed by atoms with E-state index >= 15 is 0 Å². The van der Waals surface area contributed by atoms with Crippen LogP contribution in [0.1, 0.15) is 5.56 Å². The average molecular weight is 386 g/mol. The summed E-state index contributed by atoms with van der Waals surface area (Å²) >= 11 is 0. The van der Waals surface area contributed by atoms with E-state index < -0.39 is 37.3 Å². The number of halogens is 3. The number of anilines is 1. The fourth-order valence-electron chi connectivity index (χ4n) is 2.24. The first-order valence-electron chi connectivity index (χ1n) is 7.13. The Morgan fingerprint density at radius 1 is 1.15 bits per heavy atom. The molecule has 26 heavy (non-hydrogen) atoms. The molecule has 2 aromatic carbocycles. The predicted octanol–water partition coefficient (Wildman–Crippen LogP) is 3.99. The monoisotopic (exact) mass is 386 g/mol. The van der Waals surface area contributed by atoms with Gasteiger partial charge in [0.25, 0.3) is 15.7 Å². The molecule has 10 heteroatoms. The van der Waals surface area contributed by atoms with Crippen molar-refractivity contribution in [3.8, 4) is 0 Å². The number of hydrogen-bond acceptors (Lipinski definition) is 4. The van der Waals surface area contributed by atoms with E-state index in [0.29, 0.717) is 10.4 Å². The number of benzene rings is 2. The van der Waals surface area contributed by atoms with Crippen molar-refractivity contribution in [2.75, 3.05) is 10.8 Å². The maximum Gasteiger partial charge on any atom is 0.416 e. The van der Waals surface area contributed by atoms with Gasteiger partial charge in [0, 0.05) is 6.07 Å². The second-order valence-corrected chi connectivity index (χ2v) is 6.93. The molecule has 0 unspecified atom stereocenters. The summed E-state index contributed by atoms with van der Waals surface area (Å²) in [4.78, 5) is 9.63. The quantitative estimate of drug-likeness (QED) is 0.427. The Morgan fingerprint density at radius 3 is 2.38 bits per heavy atom. The van der Waals surface area contributed by atoms with Gasteiger partial charge >= 0.3 is 6.18 Å². The maximum absolute atomic E-state index is 12.9. The van der Waals surface area contributed by atoms with Crippen molar-refractivity contribution in [2.24, 2.45) is 0 Å². The van der Waals surface area contributed by atoms with Crippen LogP contribution in [0.3, 0.4) is 0 Å². The number of nitro groups is 1. The molecule has 6 nitrogen and oxygen atoms in total. The van der Waals surface area contributed by atoms with Gasteiger partial charge in [-0.15, -0.1) is 6.58 Å². The summed E-state index contributed by atoms with van der Waals surface area (Å²) in [6.07, 6.45) is -3.50. The summed E-state index contributed by atoms with van der Waals surface area (Å²) in [5.74, 6) is 0. The van der Waals surface area contributed by atoms with Crippen molar-refractivity contribution >= 4 is 21.4 Å². The van der Waals surface area contributed by atoms with Gasteiger partial charge in [-0.25, -0.2) is 8.42 Å². The molecule has 0 aliphatic heterocycles. The lowest BCUT2D eigenvalue weighted by molar-refractivity contribution is -0.387. The van der Waals surface area contributed by atoms with E-state index in [2.05, 4.69) is 6.58 Å². The number of para-hydroxylation sites is 1. The van der Waals surface area contributed by atoms with Crippen LogP contribution < -0.4 is 4.31 Å². The van der Waals surface area contributed by atoms with Gasteiger partial charge in [0.05, 0.1) is 22.7 Å². The van der Waals surface area contributed by atoms with Crippen LogP contribution in [0.2, 0.25) is 0 Å². The first-order chi connectivity index (χ1) is 12.1. The highest BCUT2D eigenvalue weighted by atomic mass is 32.2. The molecule has 0 aromatic heterocycles. The molecule has 0 saturated heterocycles. The zero-order chi connectivity index (χ0) is 19.5. The van der Waals surface area contributed by atoms with Gasteiger partial charge < -0.3 is 0 Å². The third-order valence-corrected chi connectivity index (χ3v) is 5.23. The summed E-state index contributed by atoms with van der Waals surface area (Å²) in [5, 5.41) is 11.1. The van der Waals surface area contributed by atoms with Crippen LogP contribution in [0.4, 0.5) is 24.5 Å². The topological polar surface area (TPSA) is 80.5 Å². The van der Waals surface area contributed by atoms with Crippen LogP contribution >= 0.6 is 0 Å². The summed E-state index contributed by atoms with van der Waals surface area (Å²) < 4.78 is 65.2. The fraction of sp³-hybridized carbons (Fsp3) is 0.125. The minimum absolute atomic E-state index is 0.280. The minimum Gasteiger partial charge on any atom is -0.262 e. The normalized spacial score (nSPS) is 11.8. The average Bonchev–Trinajstić information content (AvgIpc) is 2.58. The van der Waals surface area contributed by atoms with Gasteiger partial charge in [-0.3, -0.25) is 14.4 Å². The molecule has 0 saturated carbocycles. The van der Waals surface area contributed by atoms with E-state index in [0.717, 1.165) is 24.3 Å². The Morgan fingerprint density at radius 2 is 1.81 bits per heavy atom. The molecular formula is C16H13F3N2O4S. The lowest BCUT2D eigenvalue weighted by Crippen LogP contribution is -2.32. The Labute approximate surface area is 147 Å². The molecule has 2 aromatic rings. The smallest absolute Gasteiger partial charge is 0.262 e. The van der Waals surface area contributed by atoms with E-state index in [1.54, 1.807) is 0 Å². The lowest BCUT2D eigenvalue weighted by atomic mass is 10.2. The third kappa shape index (κ3) is 3.85. The van der Waals surface area contributed by atoms with Crippen molar-refractivity contribution in [2.45, 2.75) is 11.1 Å². The van der Waals surface area contributed by atoms with Crippen molar-refractivity contribution in [1.29, 1.82) is 0 Å². The molecule has 2 rings (SSSR count). The highest BCUT2D eigenvalue weighted by Gasteiger charge is 2.34. The predicted molar refractivity (Wildman–Crippen MR) is 89.3 cm³/mol. The van der Waals surface area contributed by atoms with Gasteiger partial charge in [0.15, 0.2) is 4.90 Å². The van der Waals surface area contributed by atoms with Crippen LogP contribution in [0.25, 0.3) is 0 Å². The largest absolute Gasteiger partial charge is 0.416 e. The fourth-order valence-corrected chi connectivity index (χ4v) is 3.83. The first kappa shape index (κ1) is 19.4. The molecular weight excluding hydrogens is 373 g/mol. The number of sulfonamides is 1. The molecule has 0 amide bonds. The molecule has 0 radical (unpaired) electrons. The van der Waals surface area contributed by atoms with Crippen LogP contribution in [0.15, 0.2) is 66.1 Å². The number of hydrogen-bond donors (Lipinski definition) is 0. The second kappa shape index (κ2) is 7.16. The summed E-state index contributed by atoms with van der Waals surface area (Å²) in [6.45, 7) is 3.03.